The van der Waals surface area contributed by atoms with Crippen molar-refractivity contribution in [3.8, 4) is 0 Å². The third-order valence-corrected chi connectivity index (χ3v) is 2.06. The Bertz CT molecular complexity index is 264. The van der Waals surface area contributed by atoms with E-state index in [1.165, 1.54) is 5.56 Å². The molecular weight excluding hydrogens is 152 g/mol. The van der Waals surface area contributed by atoms with Gasteiger partial charge in [0.1, 0.15) is 0 Å². The highest BCUT2D eigenvalue weighted by molar-refractivity contribution is 5.26. The van der Waals surface area contributed by atoms with E-state index in [1.54, 1.807) is 0 Å². The Kier molecular flexibility index (Phi) is 2.11. The zero-order valence-corrected chi connectivity index (χ0v) is 7.12. The SMILES string of the molecule is Cc1ccccc1C1OCCO1. The maximum atomic E-state index is 5.40. The maximum absolute atomic E-state index is 5.40. The van der Waals surface area contributed by atoms with Gasteiger partial charge in [0.2, 0.25) is 0 Å². The fraction of sp³-hybridized carbons (Fsp3) is 0.400. The summed E-state index contributed by atoms with van der Waals surface area (Å²) >= 11 is 0. The van der Waals surface area contributed by atoms with E-state index in [0.717, 1.165) is 5.56 Å². The summed E-state index contributed by atoms with van der Waals surface area (Å²) < 4.78 is 10.8. The van der Waals surface area contributed by atoms with Gasteiger partial charge in [-0.25, -0.2) is 0 Å². The fourth-order valence-electron chi connectivity index (χ4n) is 1.39. The third kappa shape index (κ3) is 1.36. The Balaban J connectivity index is 2.26. The van der Waals surface area contributed by atoms with Gasteiger partial charge in [-0.05, 0) is 12.5 Å². The van der Waals surface area contributed by atoms with Crippen molar-refractivity contribution < 1.29 is 9.47 Å². The zero-order chi connectivity index (χ0) is 8.39. The summed E-state index contributed by atoms with van der Waals surface area (Å²) in [4.78, 5) is 0. The molecule has 2 rings (SSSR count). The smallest absolute Gasteiger partial charge is 0.184 e. The lowest BCUT2D eigenvalue weighted by Gasteiger charge is -2.11. The molecule has 2 nitrogen and oxygen atoms in total. The monoisotopic (exact) mass is 164 g/mol. The van der Waals surface area contributed by atoms with Crippen LogP contribution in [-0.4, -0.2) is 13.2 Å². The van der Waals surface area contributed by atoms with E-state index in [-0.39, 0.29) is 6.29 Å². The van der Waals surface area contributed by atoms with Gasteiger partial charge in [-0.3, -0.25) is 0 Å². The molecule has 0 radical (unpaired) electrons. The topological polar surface area (TPSA) is 18.5 Å². The molecule has 0 amide bonds. The van der Waals surface area contributed by atoms with Crippen LogP contribution in [-0.2, 0) is 9.47 Å². The number of aryl methyl sites for hydroxylation is 1. The first-order chi connectivity index (χ1) is 5.88. The Hall–Kier alpha value is -0.860. The van der Waals surface area contributed by atoms with E-state index >= 15 is 0 Å². The van der Waals surface area contributed by atoms with E-state index in [4.69, 9.17) is 9.47 Å². The minimum atomic E-state index is -0.133. The molecule has 1 saturated heterocycles. The molecule has 0 aliphatic carbocycles. The third-order valence-electron chi connectivity index (χ3n) is 2.06. The van der Waals surface area contributed by atoms with Crippen LogP contribution in [0.4, 0.5) is 0 Å². The predicted octanol–water partition coefficient (Wildman–Crippen LogP) is 2.04. The van der Waals surface area contributed by atoms with Crippen molar-refractivity contribution in [1.29, 1.82) is 0 Å². The van der Waals surface area contributed by atoms with E-state index in [1.807, 2.05) is 18.2 Å². The molecule has 1 aliphatic rings. The van der Waals surface area contributed by atoms with E-state index < -0.39 is 0 Å². The standard InChI is InChI=1S/C10H12O2/c1-8-4-2-3-5-9(8)10-11-6-7-12-10/h2-5,10H,6-7H2,1H3. The molecule has 0 N–H and O–H groups in total. The van der Waals surface area contributed by atoms with Crippen molar-refractivity contribution in [2.45, 2.75) is 13.2 Å². The molecule has 1 aromatic rings. The van der Waals surface area contributed by atoms with E-state index in [2.05, 4.69) is 13.0 Å². The summed E-state index contributed by atoms with van der Waals surface area (Å²) in [5.74, 6) is 0. The van der Waals surface area contributed by atoms with Crippen LogP contribution >= 0.6 is 0 Å². The van der Waals surface area contributed by atoms with Crippen LogP contribution in [0.25, 0.3) is 0 Å². The largest absolute Gasteiger partial charge is 0.346 e. The van der Waals surface area contributed by atoms with Crippen molar-refractivity contribution in [3.63, 3.8) is 0 Å². The number of rotatable bonds is 1. The van der Waals surface area contributed by atoms with E-state index in [9.17, 15) is 0 Å². The lowest BCUT2D eigenvalue weighted by atomic mass is 10.1. The van der Waals surface area contributed by atoms with Crippen molar-refractivity contribution in [2.24, 2.45) is 0 Å². The molecule has 0 spiro atoms. The van der Waals surface area contributed by atoms with Crippen LogP contribution in [0.3, 0.4) is 0 Å². The van der Waals surface area contributed by atoms with Crippen LogP contribution in [0.2, 0.25) is 0 Å². The molecule has 0 aromatic heterocycles. The Morgan fingerprint density at radius 1 is 1.17 bits per heavy atom. The van der Waals surface area contributed by atoms with Crippen LogP contribution in [0.1, 0.15) is 17.4 Å². The van der Waals surface area contributed by atoms with Gasteiger partial charge < -0.3 is 9.47 Å². The highest BCUT2D eigenvalue weighted by atomic mass is 16.7. The van der Waals surface area contributed by atoms with Crippen molar-refractivity contribution >= 4 is 0 Å². The van der Waals surface area contributed by atoms with Gasteiger partial charge in [0.05, 0.1) is 13.2 Å². The van der Waals surface area contributed by atoms with E-state index in [0.29, 0.717) is 13.2 Å². The predicted molar refractivity (Wildman–Crippen MR) is 45.8 cm³/mol. The molecule has 2 heteroatoms. The first-order valence-electron chi connectivity index (χ1n) is 4.16. The summed E-state index contributed by atoms with van der Waals surface area (Å²) in [6.45, 7) is 3.48. The highest BCUT2D eigenvalue weighted by Gasteiger charge is 2.18. The first kappa shape index (κ1) is 7.77. The molecule has 0 atom stereocenters. The second-order valence-corrected chi connectivity index (χ2v) is 2.93. The van der Waals surface area contributed by atoms with Crippen molar-refractivity contribution in [2.75, 3.05) is 13.2 Å². The second kappa shape index (κ2) is 3.25. The molecule has 0 bridgehead atoms. The molecular formula is C10H12O2. The summed E-state index contributed by atoms with van der Waals surface area (Å²) in [5, 5.41) is 0. The number of hydrogen-bond acceptors (Lipinski definition) is 2. The number of hydrogen-bond donors (Lipinski definition) is 0. The number of ether oxygens (including phenoxy) is 2. The quantitative estimate of drug-likeness (QED) is 0.632. The van der Waals surface area contributed by atoms with Crippen molar-refractivity contribution in [1.82, 2.24) is 0 Å². The van der Waals surface area contributed by atoms with Gasteiger partial charge >= 0.3 is 0 Å². The molecule has 1 aromatic carbocycles. The number of benzene rings is 1. The normalized spacial score (nSPS) is 18.4. The van der Waals surface area contributed by atoms with Gasteiger partial charge in [0.25, 0.3) is 0 Å². The summed E-state index contributed by atoms with van der Waals surface area (Å²) in [6.07, 6.45) is -0.133. The van der Waals surface area contributed by atoms with Crippen LogP contribution in [0.15, 0.2) is 24.3 Å². The molecule has 1 heterocycles. The lowest BCUT2D eigenvalue weighted by molar-refractivity contribution is -0.0445. The minimum absolute atomic E-state index is 0.133. The molecule has 0 unspecified atom stereocenters. The van der Waals surface area contributed by atoms with Gasteiger partial charge in [0, 0.05) is 5.56 Å². The summed E-state index contributed by atoms with van der Waals surface area (Å²) in [5.41, 5.74) is 2.37. The Morgan fingerprint density at radius 3 is 2.50 bits per heavy atom. The summed E-state index contributed by atoms with van der Waals surface area (Å²) in [6, 6.07) is 8.15. The average Bonchev–Trinajstić information content (AvgIpc) is 2.57. The van der Waals surface area contributed by atoms with Crippen LogP contribution < -0.4 is 0 Å². The molecule has 64 valence electrons. The fourth-order valence-corrected chi connectivity index (χ4v) is 1.39. The lowest BCUT2D eigenvalue weighted by Crippen LogP contribution is -1.99. The van der Waals surface area contributed by atoms with Gasteiger partial charge in [-0.15, -0.1) is 0 Å². The maximum Gasteiger partial charge on any atom is 0.184 e. The Morgan fingerprint density at radius 2 is 1.83 bits per heavy atom. The molecule has 1 fully saturated rings. The average molecular weight is 164 g/mol. The zero-order valence-electron chi connectivity index (χ0n) is 7.12. The Labute approximate surface area is 72.1 Å². The van der Waals surface area contributed by atoms with Gasteiger partial charge in [-0.2, -0.15) is 0 Å². The second-order valence-electron chi connectivity index (χ2n) is 2.93. The van der Waals surface area contributed by atoms with Crippen LogP contribution in [0.5, 0.6) is 0 Å². The minimum Gasteiger partial charge on any atom is -0.346 e. The molecule has 0 saturated carbocycles. The van der Waals surface area contributed by atoms with Crippen LogP contribution in [0, 0.1) is 6.92 Å². The van der Waals surface area contributed by atoms with Gasteiger partial charge in [0.15, 0.2) is 6.29 Å². The molecule has 12 heavy (non-hydrogen) atoms. The first-order valence-corrected chi connectivity index (χ1v) is 4.16. The summed E-state index contributed by atoms with van der Waals surface area (Å²) in [7, 11) is 0. The van der Waals surface area contributed by atoms with Gasteiger partial charge in [-0.1, -0.05) is 24.3 Å². The highest BCUT2D eigenvalue weighted by Crippen LogP contribution is 2.25. The van der Waals surface area contributed by atoms with Crippen molar-refractivity contribution in [3.05, 3.63) is 35.4 Å². The molecule has 1 aliphatic heterocycles.